The molecule has 1 aliphatic heterocycles. The van der Waals surface area contributed by atoms with Crippen LogP contribution in [-0.2, 0) is 14.2 Å². The maximum Gasteiger partial charge on any atom is 0.339 e. The lowest BCUT2D eigenvalue weighted by Crippen LogP contribution is -2.46. The van der Waals surface area contributed by atoms with Gasteiger partial charge in [0.1, 0.15) is 6.29 Å². The number of hydrogen-bond donors (Lipinski definition) is 5. The SMILES string of the molecule is O=C(O)CN1CCNCCN(CP(=O)(O)O)CCN(CC(=O)O)CC1. The molecule has 0 atom stereocenters. The minimum Gasteiger partial charge on any atom is -0.480 e. The van der Waals surface area contributed by atoms with Crippen molar-refractivity contribution in [1.82, 2.24) is 20.0 Å². The quantitative estimate of drug-likeness (QED) is 0.318. The summed E-state index contributed by atoms with van der Waals surface area (Å²) in [6.07, 6.45) is -0.374. The highest BCUT2D eigenvalue weighted by Gasteiger charge is 2.21. The van der Waals surface area contributed by atoms with E-state index in [1.807, 2.05) is 0 Å². The van der Waals surface area contributed by atoms with Crippen LogP contribution in [0, 0.1) is 0 Å². The van der Waals surface area contributed by atoms with Crippen LogP contribution in [0.1, 0.15) is 0 Å². The van der Waals surface area contributed by atoms with Crippen molar-refractivity contribution in [3.05, 3.63) is 0 Å². The molecule has 0 radical (unpaired) electrons. The topological polar surface area (TPSA) is 154 Å². The highest BCUT2D eigenvalue weighted by atomic mass is 31.2. The minimum absolute atomic E-state index is 0.118. The first-order valence-corrected chi connectivity index (χ1v) is 9.81. The van der Waals surface area contributed by atoms with Crippen molar-refractivity contribution >= 4 is 19.5 Å². The molecule has 0 bridgehead atoms. The summed E-state index contributed by atoms with van der Waals surface area (Å²) in [6.45, 7) is 3.03. The van der Waals surface area contributed by atoms with E-state index < -0.39 is 19.5 Å². The lowest BCUT2D eigenvalue weighted by molar-refractivity contribution is -0.140. The molecule has 1 heterocycles. The van der Waals surface area contributed by atoms with E-state index in [-0.39, 0.29) is 19.4 Å². The zero-order chi connectivity index (χ0) is 18.9. The van der Waals surface area contributed by atoms with Crippen LogP contribution in [0.25, 0.3) is 0 Å². The van der Waals surface area contributed by atoms with Gasteiger partial charge in [0.05, 0.1) is 13.1 Å². The van der Waals surface area contributed by atoms with Crippen LogP contribution in [0.4, 0.5) is 0 Å². The monoisotopic (exact) mass is 382 g/mol. The molecule has 1 aliphatic rings. The first-order valence-electron chi connectivity index (χ1n) is 8.01. The third-order valence-electron chi connectivity index (χ3n) is 3.78. The second-order valence-electron chi connectivity index (χ2n) is 6.01. The second-order valence-corrected chi connectivity index (χ2v) is 7.63. The Morgan fingerprint density at radius 2 is 1.20 bits per heavy atom. The number of nitrogens with one attached hydrogen (secondary N) is 1. The molecule has 12 heteroatoms. The molecule has 0 amide bonds. The fourth-order valence-electron chi connectivity index (χ4n) is 2.60. The van der Waals surface area contributed by atoms with Gasteiger partial charge in [0.25, 0.3) is 0 Å². The zero-order valence-corrected chi connectivity index (χ0v) is 15.0. The summed E-state index contributed by atoms with van der Waals surface area (Å²) in [5.74, 6) is -1.94. The predicted molar refractivity (Wildman–Crippen MR) is 89.5 cm³/mol. The van der Waals surface area contributed by atoms with Gasteiger partial charge in [0.2, 0.25) is 0 Å². The van der Waals surface area contributed by atoms with Crippen LogP contribution in [0.5, 0.6) is 0 Å². The molecule has 1 fully saturated rings. The normalized spacial score (nSPS) is 20.6. The van der Waals surface area contributed by atoms with Crippen LogP contribution in [0.15, 0.2) is 0 Å². The number of nitrogens with zero attached hydrogens (tertiary/aromatic N) is 3. The fraction of sp³-hybridized carbons (Fsp3) is 0.846. The van der Waals surface area contributed by atoms with Crippen molar-refractivity contribution in [2.24, 2.45) is 0 Å². The summed E-state index contributed by atoms with van der Waals surface area (Å²) < 4.78 is 11.2. The molecule has 0 aromatic rings. The van der Waals surface area contributed by atoms with Crippen molar-refractivity contribution in [3.63, 3.8) is 0 Å². The first-order chi connectivity index (χ1) is 11.7. The molecule has 0 aromatic heterocycles. The van der Waals surface area contributed by atoms with Crippen molar-refractivity contribution in [2.75, 3.05) is 71.7 Å². The number of carboxylic acid groups (broad SMARTS) is 2. The Hall–Kier alpha value is -1.07. The fourth-order valence-corrected chi connectivity index (χ4v) is 3.41. The Kier molecular flexibility index (Phi) is 9.51. The van der Waals surface area contributed by atoms with Gasteiger partial charge in [0.15, 0.2) is 0 Å². The van der Waals surface area contributed by atoms with Crippen molar-refractivity contribution in [2.45, 2.75) is 0 Å². The summed E-state index contributed by atoms with van der Waals surface area (Å²) in [5, 5.41) is 21.1. The molecule has 5 N–H and O–H groups in total. The van der Waals surface area contributed by atoms with E-state index in [4.69, 9.17) is 20.0 Å². The molecule has 0 aliphatic carbocycles. The van der Waals surface area contributed by atoms with E-state index in [1.54, 1.807) is 14.7 Å². The Morgan fingerprint density at radius 3 is 1.64 bits per heavy atom. The molecule has 11 nitrogen and oxygen atoms in total. The minimum atomic E-state index is -4.20. The highest BCUT2D eigenvalue weighted by Crippen LogP contribution is 2.34. The van der Waals surface area contributed by atoms with Crippen LogP contribution in [0.2, 0.25) is 0 Å². The standard InChI is InChI=1S/C13H27N4O7P/c18-12(19)9-15-3-1-14-2-4-17(11-25(22,23)24)8-7-16(6-5-15)10-13(20)21/h14H,1-11H2,(H,18,19)(H,20,21)(H2,22,23,24). The smallest absolute Gasteiger partial charge is 0.339 e. The molecule has 146 valence electrons. The van der Waals surface area contributed by atoms with Gasteiger partial charge in [-0.25, -0.2) is 0 Å². The number of carboxylic acids is 2. The molecule has 0 unspecified atom stereocenters. The van der Waals surface area contributed by atoms with E-state index in [0.29, 0.717) is 52.4 Å². The van der Waals surface area contributed by atoms with Gasteiger partial charge in [0, 0.05) is 52.4 Å². The Morgan fingerprint density at radius 1 is 0.800 bits per heavy atom. The summed E-state index contributed by atoms with van der Waals surface area (Å²) >= 11 is 0. The third kappa shape index (κ3) is 11.2. The predicted octanol–water partition coefficient (Wildman–Crippen LogP) is -2.20. The van der Waals surface area contributed by atoms with Gasteiger partial charge in [-0.05, 0) is 0 Å². The molecule has 0 saturated carbocycles. The lowest BCUT2D eigenvalue weighted by atomic mass is 10.3. The maximum absolute atomic E-state index is 11.2. The number of carbonyl (C=O) groups is 2. The Balaban J connectivity index is 2.72. The maximum atomic E-state index is 11.2. The summed E-state index contributed by atoms with van der Waals surface area (Å²) in [6, 6.07) is 0. The second kappa shape index (κ2) is 10.8. The number of hydrogen-bond acceptors (Lipinski definition) is 7. The molecular formula is C13H27N4O7P. The van der Waals surface area contributed by atoms with Gasteiger partial charge >= 0.3 is 19.5 Å². The molecule has 25 heavy (non-hydrogen) atoms. The van der Waals surface area contributed by atoms with Gasteiger partial charge in [-0.1, -0.05) is 0 Å². The molecule has 0 spiro atoms. The summed E-state index contributed by atoms with van der Waals surface area (Å²) in [5.41, 5.74) is 0. The van der Waals surface area contributed by atoms with E-state index >= 15 is 0 Å². The van der Waals surface area contributed by atoms with Crippen molar-refractivity contribution in [1.29, 1.82) is 0 Å². The van der Waals surface area contributed by atoms with Gasteiger partial charge in [-0.3, -0.25) is 28.9 Å². The number of rotatable bonds is 6. The lowest BCUT2D eigenvalue weighted by Gasteiger charge is -2.30. The van der Waals surface area contributed by atoms with Crippen LogP contribution in [0.3, 0.4) is 0 Å². The van der Waals surface area contributed by atoms with Gasteiger partial charge in [-0.2, -0.15) is 0 Å². The van der Waals surface area contributed by atoms with E-state index in [1.165, 1.54) is 0 Å². The van der Waals surface area contributed by atoms with E-state index in [0.717, 1.165) is 0 Å². The average molecular weight is 382 g/mol. The van der Waals surface area contributed by atoms with Crippen LogP contribution >= 0.6 is 7.60 Å². The van der Waals surface area contributed by atoms with Gasteiger partial charge in [-0.15, -0.1) is 0 Å². The molecule has 1 rings (SSSR count). The third-order valence-corrected chi connectivity index (χ3v) is 4.54. The molecule has 1 saturated heterocycles. The van der Waals surface area contributed by atoms with Gasteiger partial charge < -0.3 is 25.3 Å². The Labute approximate surface area is 146 Å². The number of aliphatic carboxylic acids is 2. The summed E-state index contributed by atoms with van der Waals surface area (Å²) in [7, 11) is -4.20. The van der Waals surface area contributed by atoms with E-state index in [2.05, 4.69) is 5.32 Å². The molecule has 0 aromatic carbocycles. The van der Waals surface area contributed by atoms with E-state index in [9.17, 15) is 14.2 Å². The van der Waals surface area contributed by atoms with Crippen LogP contribution < -0.4 is 5.32 Å². The first kappa shape index (κ1) is 22.0. The van der Waals surface area contributed by atoms with Crippen molar-refractivity contribution < 1.29 is 34.2 Å². The largest absolute Gasteiger partial charge is 0.480 e. The summed E-state index contributed by atoms with van der Waals surface area (Å²) in [4.78, 5) is 45.3. The average Bonchev–Trinajstić information content (AvgIpc) is 2.44. The highest BCUT2D eigenvalue weighted by molar-refractivity contribution is 7.51. The zero-order valence-electron chi connectivity index (χ0n) is 14.1. The van der Waals surface area contributed by atoms with Crippen molar-refractivity contribution in [3.8, 4) is 0 Å². The Bertz CT molecular complexity index is 487. The molecular weight excluding hydrogens is 355 g/mol. The van der Waals surface area contributed by atoms with Crippen LogP contribution in [-0.4, -0.2) is 118 Å².